The van der Waals surface area contributed by atoms with E-state index in [0.29, 0.717) is 38.2 Å². The van der Waals surface area contributed by atoms with Gasteiger partial charge in [-0.2, -0.15) is 5.10 Å². The Labute approximate surface area is 158 Å². The summed E-state index contributed by atoms with van der Waals surface area (Å²) < 4.78 is 46.8. The molecule has 2 aromatic rings. The monoisotopic (exact) mass is 393 g/mol. The first kappa shape index (κ1) is 18.7. The summed E-state index contributed by atoms with van der Waals surface area (Å²) in [6.45, 7) is 1.37. The van der Waals surface area contributed by atoms with Crippen LogP contribution in [0.4, 0.5) is 18.9 Å². The largest absolute Gasteiger partial charge is 0.370 e. The van der Waals surface area contributed by atoms with Crippen LogP contribution in [0, 0.1) is 23.4 Å². The fourth-order valence-electron chi connectivity index (χ4n) is 3.75. The van der Waals surface area contributed by atoms with Crippen molar-refractivity contribution >= 4 is 17.4 Å². The number of nitrogens with zero attached hydrogens (tertiary/aromatic N) is 3. The zero-order chi connectivity index (χ0) is 19.8. The Bertz CT molecular complexity index is 921. The number of hydrogen-bond acceptors (Lipinski definition) is 4. The standard InChI is InChI=1S/C19H18F3N3O3/c20-13-5-11(6-14(21)19(13)22)7-17(26)12-1-2-25-15(8-12)16(9-23-25)24-3-4-28-10-18(24)27/h5-6,9,12H,1-4,7-8,10H2. The third-order valence-electron chi connectivity index (χ3n) is 5.21. The highest BCUT2D eigenvalue weighted by Crippen LogP contribution is 2.30. The van der Waals surface area contributed by atoms with Gasteiger partial charge in [-0.3, -0.25) is 14.3 Å². The van der Waals surface area contributed by atoms with Crippen LogP contribution in [0.1, 0.15) is 17.7 Å². The number of rotatable bonds is 4. The maximum atomic E-state index is 13.4. The SMILES string of the molecule is O=C(Cc1cc(F)c(F)c(F)c1)C1CCn2ncc(N3CCOCC3=O)c2C1. The van der Waals surface area contributed by atoms with Crippen LogP contribution in [0.15, 0.2) is 18.3 Å². The highest BCUT2D eigenvalue weighted by atomic mass is 19.2. The average Bonchev–Trinajstić information content (AvgIpc) is 3.09. The van der Waals surface area contributed by atoms with Gasteiger partial charge in [0.25, 0.3) is 5.91 Å². The lowest BCUT2D eigenvalue weighted by Gasteiger charge is -2.29. The number of hydrogen-bond donors (Lipinski definition) is 0. The highest BCUT2D eigenvalue weighted by molar-refractivity contribution is 5.95. The third-order valence-corrected chi connectivity index (χ3v) is 5.21. The van der Waals surface area contributed by atoms with Gasteiger partial charge < -0.3 is 9.64 Å². The molecule has 0 bridgehead atoms. The minimum absolute atomic E-state index is 0.00861. The third kappa shape index (κ3) is 3.42. The first-order valence-corrected chi connectivity index (χ1v) is 9.03. The number of fused-ring (bicyclic) bond motifs is 1. The van der Waals surface area contributed by atoms with Crippen molar-refractivity contribution in [1.82, 2.24) is 9.78 Å². The molecule has 0 aliphatic carbocycles. The van der Waals surface area contributed by atoms with Crippen LogP contribution in [0.3, 0.4) is 0 Å². The zero-order valence-electron chi connectivity index (χ0n) is 15.0. The second kappa shape index (κ2) is 7.38. The number of aromatic nitrogens is 2. The van der Waals surface area contributed by atoms with Crippen LogP contribution in [0.25, 0.3) is 0 Å². The molecule has 0 N–H and O–H groups in total. The van der Waals surface area contributed by atoms with Gasteiger partial charge in [0, 0.05) is 31.8 Å². The molecule has 2 aliphatic rings. The van der Waals surface area contributed by atoms with Crippen molar-refractivity contribution in [2.24, 2.45) is 5.92 Å². The maximum Gasteiger partial charge on any atom is 0.253 e. The van der Waals surface area contributed by atoms with Gasteiger partial charge in [0.1, 0.15) is 12.4 Å². The average molecular weight is 393 g/mol. The van der Waals surface area contributed by atoms with Gasteiger partial charge in [0.2, 0.25) is 0 Å². The van der Waals surface area contributed by atoms with Crippen molar-refractivity contribution in [2.45, 2.75) is 25.8 Å². The van der Waals surface area contributed by atoms with Crippen LogP contribution in [-0.4, -0.2) is 41.2 Å². The number of ether oxygens (including phenoxy) is 1. The maximum absolute atomic E-state index is 13.4. The van der Waals surface area contributed by atoms with Crippen LogP contribution < -0.4 is 4.90 Å². The lowest BCUT2D eigenvalue weighted by Crippen LogP contribution is -2.42. The topological polar surface area (TPSA) is 64.4 Å². The van der Waals surface area contributed by atoms with E-state index in [2.05, 4.69) is 5.10 Å². The Hall–Kier alpha value is -2.68. The summed E-state index contributed by atoms with van der Waals surface area (Å²) >= 11 is 0. The summed E-state index contributed by atoms with van der Waals surface area (Å²) in [5.74, 6) is -4.87. The molecular weight excluding hydrogens is 375 g/mol. The molecule has 3 heterocycles. The van der Waals surface area contributed by atoms with Crippen LogP contribution in [0.2, 0.25) is 0 Å². The Balaban J connectivity index is 1.51. The predicted molar refractivity (Wildman–Crippen MR) is 92.2 cm³/mol. The Morgan fingerprint density at radius 3 is 2.68 bits per heavy atom. The summed E-state index contributed by atoms with van der Waals surface area (Å²) in [4.78, 5) is 26.4. The van der Waals surface area contributed by atoms with Crippen molar-refractivity contribution in [3.63, 3.8) is 0 Å². The molecule has 1 aromatic carbocycles. The minimum Gasteiger partial charge on any atom is -0.370 e. The molecule has 1 fully saturated rings. The number of amides is 1. The van der Waals surface area contributed by atoms with E-state index >= 15 is 0 Å². The van der Waals surface area contributed by atoms with E-state index in [1.165, 1.54) is 0 Å². The molecule has 1 atom stereocenters. The molecule has 1 saturated heterocycles. The van der Waals surface area contributed by atoms with E-state index in [-0.39, 0.29) is 36.2 Å². The predicted octanol–water partition coefficient (Wildman–Crippen LogP) is 2.04. The first-order chi connectivity index (χ1) is 13.4. The lowest BCUT2D eigenvalue weighted by molar-refractivity contribution is -0.125. The van der Waals surface area contributed by atoms with E-state index in [0.717, 1.165) is 17.8 Å². The van der Waals surface area contributed by atoms with Crippen LogP contribution >= 0.6 is 0 Å². The molecule has 6 nitrogen and oxygen atoms in total. The quantitative estimate of drug-likeness (QED) is 0.746. The Morgan fingerprint density at radius 2 is 1.96 bits per heavy atom. The Kier molecular flexibility index (Phi) is 4.92. The number of anilines is 1. The number of benzene rings is 1. The number of aryl methyl sites for hydroxylation is 1. The van der Waals surface area contributed by atoms with Crippen molar-refractivity contribution in [1.29, 1.82) is 0 Å². The summed E-state index contributed by atoms with van der Waals surface area (Å²) in [7, 11) is 0. The number of Topliss-reactive ketones (excluding diaryl/α,β-unsaturated/α-hetero) is 1. The van der Waals surface area contributed by atoms with Crippen LogP contribution in [0.5, 0.6) is 0 Å². The molecule has 0 spiro atoms. The van der Waals surface area contributed by atoms with Crippen molar-refractivity contribution < 1.29 is 27.5 Å². The summed E-state index contributed by atoms with van der Waals surface area (Å²) in [5.41, 5.74) is 1.56. The van der Waals surface area contributed by atoms with Crippen molar-refractivity contribution in [2.75, 3.05) is 24.7 Å². The molecule has 1 unspecified atom stereocenters. The number of carbonyl (C=O) groups is 2. The van der Waals surface area contributed by atoms with Gasteiger partial charge in [-0.1, -0.05) is 0 Å². The second-order valence-electron chi connectivity index (χ2n) is 7.00. The first-order valence-electron chi connectivity index (χ1n) is 9.03. The molecule has 9 heteroatoms. The molecule has 2 aliphatic heterocycles. The van der Waals surface area contributed by atoms with Crippen LogP contribution in [-0.2, 0) is 33.7 Å². The zero-order valence-corrected chi connectivity index (χ0v) is 15.0. The van der Waals surface area contributed by atoms with E-state index in [9.17, 15) is 22.8 Å². The highest BCUT2D eigenvalue weighted by Gasteiger charge is 2.31. The molecule has 4 rings (SSSR count). The summed E-state index contributed by atoms with van der Waals surface area (Å²) in [6, 6.07) is 1.70. The molecule has 28 heavy (non-hydrogen) atoms. The number of morpholine rings is 1. The normalized spacial score (nSPS) is 19.6. The smallest absolute Gasteiger partial charge is 0.253 e. The van der Waals surface area contributed by atoms with E-state index in [1.807, 2.05) is 0 Å². The van der Waals surface area contributed by atoms with E-state index in [1.54, 1.807) is 15.8 Å². The minimum atomic E-state index is -1.54. The molecular formula is C19H18F3N3O3. The van der Waals surface area contributed by atoms with Crippen molar-refractivity contribution in [3.05, 3.63) is 47.0 Å². The summed E-state index contributed by atoms with van der Waals surface area (Å²) in [6.07, 6.45) is 2.36. The summed E-state index contributed by atoms with van der Waals surface area (Å²) in [5, 5.41) is 4.31. The van der Waals surface area contributed by atoms with E-state index in [4.69, 9.17) is 4.74 Å². The number of ketones is 1. The fraction of sp³-hybridized carbons (Fsp3) is 0.421. The lowest BCUT2D eigenvalue weighted by atomic mass is 9.88. The van der Waals surface area contributed by atoms with E-state index < -0.39 is 17.5 Å². The van der Waals surface area contributed by atoms with Gasteiger partial charge >= 0.3 is 0 Å². The molecule has 1 aromatic heterocycles. The van der Waals surface area contributed by atoms with Gasteiger partial charge in [-0.15, -0.1) is 0 Å². The fourth-order valence-corrected chi connectivity index (χ4v) is 3.75. The van der Waals surface area contributed by atoms with Gasteiger partial charge in [0.15, 0.2) is 17.5 Å². The van der Waals surface area contributed by atoms with Gasteiger partial charge in [-0.25, -0.2) is 13.2 Å². The molecule has 0 radical (unpaired) electrons. The second-order valence-corrected chi connectivity index (χ2v) is 7.00. The molecule has 148 valence electrons. The van der Waals surface area contributed by atoms with Crippen molar-refractivity contribution in [3.8, 4) is 0 Å². The number of halogens is 3. The molecule has 0 saturated carbocycles. The Morgan fingerprint density at radius 1 is 1.21 bits per heavy atom. The molecule has 1 amide bonds. The number of carbonyl (C=O) groups excluding carboxylic acids is 2. The van der Waals surface area contributed by atoms with Gasteiger partial charge in [0.05, 0.1) is 24.2 Å². The van der Waals surface area contributed by atoms with Gasteiger partial charge in [-0.05, 0) is 24.1 Å².